The second-order valence-electron chi connectivity index (χ2n) is 4.20. The van der Waals surface area contributed by atoms with E-state index in [-0.39, 0.29) is 5.38 Å². The molecule has 1 aliphatic heterocycles. The number of likely N-dealkylation sites (N-methyl/N-ethyl adjacent to an activating group) is 1. The number of nitrogens with zero attached hydrogens (tertiary/aromatic N) is 4. The number of allylic oxidation sites excluding steroid dienone is 4. The summed E-state index contributed by atoms with van der Waals surface area (Å²) in [6.07, 6.45) is 10.6. The third-order valence-corrected chi connectivity index (χ3v) is 2.99. The second-order valence-corrected chi connectivity index (χ2v) is 4.77. The highest BCUT2D eigenvalue weighted by atomic mass is 35.5. The lowest BCUT2D eigenvalue weighted by molar-refractivity contribution is 0.625. The average Bonchev–Trinajstić information content (AvgIpc) is 2.47. The van der Waals surface area contributed by atoms with Gasteiger partial charge in [-0.3, -0.25) is 4.99 Å². The molecule has 0 saturated carbocycles. The molecule has 0 aromatic rings. The van der Waals surface area contributed by atoms with Crippen LogP contribution in [0.3, 0.4) is 0 Å². The first-order valence-electron chi connectivity index (χ1n) is 6.12. The Labute approximate surface area is 124 Å². The highest BCUT2D eigenvalue weighted by molar-refractivity contribution is 6.22. The maximum absolute atomic E-state index is 8.39. The van der Waals surface area contributed by atoms with Crippen molar-refractivity contribution in [3.8, 4) is 6.07 Å². The van der Waals surface area contributed by atoms with Gasteiger partial charge in [0.25, 0.3) is 0 Å². The van der Waals surface area contributed by atoms with Crippen LogP contribution in [0.2, 0.25) is 0 Å². The maximum atomic E-state index is 8.39. The SMILES string of the molecule is C=C(C=N/C=C/C#N)C1=N/C=C/CC(Cl)/C=C(\C)N1C. The van der Waals surface area contributed by atoms with E-state index in [0.29, 0.717) is 11.4 Å². The van der Waals surface area contributed by atoms with E-state index in [1.54, 1.807) is 12.4 Å². The Morgan fingerprint density at radius 1 is 1.70 bits per heavy atom. The van der Waals surface area contributed by atoms with Crippen molar-refractivity contribution in [1.82, 2.24) is 4.90 Å². The fourth-order valence-electron chi connectivity index (χ4n) is 1.57. The summed E-state index contributed by atoms with van der Waals surface area (Å²) in [6.45, 7) is 5.92. The normalized spacial score (nSPS) is 24.3. The van der Waals surface area contributed by atoms with Crippen molar-refractivity contribution in [3.05, 3.63) is 48.5 Å². The van der Waals surface area contributed by atoms with E-state index in [1.807, 2.05) is 37.1 Å². The fraction of sp³-hybridized carbons (Fsp3) is 0.267. The lowest BCUT2D eigenvalue weighted by atomic mass is 10.2. The molecule has 0 aromatic carbocycles. The van der Waals surface area contributed by atoms with Crippen LogP contribution in [-0.2, 0) is 0 Å². The quantitative estimate of drug-likeness (QED) is 0.454. The predicted octanol–water partition coefficient (Wildman–Crippen LogP) is 3.41. The number of alkyl halides is 1. The highest BCUT2D eigenvalue weighted by Gasteiger charge is 2.12. The number of nitriles is 1. The monoisotopic (exact) mass is 288 g/mol. The molecule has 0 amide bonds. The molecule has 0 aliphatic carbocycles. The van der Waals surface area contributed by atoms with Crippen LogP contribution >= 0.6 is 11.6 Å². The van der Waals surface area contributed by atoms with E-state index in [2.05, 4.69) is 16.6 Å². The lowest BCUT2D eigenvalue weighted by Gasteiger charge is -2.22. The lowest BCUT2D eigenvalue weighted by Crippen LogP contribution is -2.27. The van der Waals surface area contributed by atoms with Crippen LogP contribution < -0.4 is 0 Å². The summed E-state index contributed by atoms with van der Waals surface area (Å²) >= 11 is 6.18. The van der Waals surface area contributed by atoms with Gasteiger partial charge in [0.05, 0.1) is 11.4 Å². The van der Waals surface area contributed by atoms with Gasteiger partial charge in [0.2, 0.25) is 0 Å². The zero-order valence-corrected chi connectivity index (χ0v) is 12.4. The molecule has 0 saturated heterocycles. The van der Waals surface area contributed by atoms with Crippen LogP contribution in [0.25, 0.3) is 0 Å². The van der Waals surface area contributed by atoms with Gasteiger partial charge in [-0.25, -0.2) is 4.99 Å². The molecule has 0 bridgehead atoms. The molecule has 0 aromatic heterocycles. The van der Waals surface area contributed by atoms with Crippen molar-refractivity contribution >= 4 is 23.7 Å². The molecule has 1 heterocycles. The van der Waals surface area contributed by atoms with Gasteiger partial charge in [-0.2, -0.15) is 5.26 Å². The van der Waals surface area contributed by atoms with Crippen molar-refractivity contribution in [2.24, 2.45) is 9.98 Å². The largest absolute Gasteiger partial charge is 0.333 e. The Hall–Kier alpha value is -2.12. The van der Waals surface area contributed by atoms with Gasteiger partial charge in [0, 0.05) is 43.0 Å². The molecule has 5 heteroatoms. The maximum Gasteiger partial charge on any atom is 0.140 e. The number of hydrogen-bond donors (Lipinski definition) is 0. The Kier molecular flexibility index (Phi) is 6.48. The Bertz CT molecular complexity index is 547. The van der Waals surface area contributed by atoms with Gasteiger partial charge in [-0.05, 0) is 19.4 Å². The van der Waals surface area contributed by atoms with E-state index in [4.69, 9.17) is 16.9 Å². The molecule has 1 aliphatic rings. The summed E-state index contributed by atoms with van der Waals surface area (Å²) in [5.41, 5.74) is 1.65. The highest BCUT2D eigenvalue weighted by Crippen LogP contribution is 2.15. The van der Waals surface area contributed by atoms with Gasteiger partial charge >= 0.3 is 0 Å². The van der Waals surface area contributed by atoms with E-state index in [0.717, 1.165) is 12.1 Å². The summed E-state index contributed by atoms with van der Waals surface area (Å²) in [4.78, 5) is 10.3. The number of rotatable bonds is 3. The summed E-state index contributed by atoms with van der Waals surface area (Å²) in [5, 5.41) is 8.34. The van der Waals surface area contributed by atoms with Crippen molar-refractivity contribution in [2.45, 2.75) is 18.7 Å². The summed E-state index contributed by atoms with van der Waals surface area (Å²) in [6, 6.07) is 1.87. The minimum Gasteiger partial charge on any atom is -0.333 e. The van der Waals surface area contributed by atoms with Gasteiger partial charge in [-0.15, -0.1) is 11.6 Å². The standard InChI is InChI=1S/C15H17ClN4/c1-12(11-18-8-5-7-17)15-19-9-4-6-14(16)10-13(2)20(15)3/h4-5,8-11,14H,1,6H2,2-3H3/b8-5+,9-4+,13-10+,18-11?,19-15?. The number of halogens is 1. The van der Waals surface area contributed by atoms with Crippen LogP contribution in [0, 0.1) is 11.3 Å². The summed E-state index contributed by atoms with van der Waals surface area (Å²) in [5.74, 6) is 0.690. The zero-order chi connectivity index (χ0) is 15.0. The molecule has 0 spiro atoms. The summed E-state index contributed by atoms with van der Waals surface area (Å²) in [7, 11) is 1.90. The number of aliphatic imine (C=N–C) groups is 2. The van der Waals surface area contributed by atoms with Crippen LogP contribution in [-0.4, -0.2) is 29.4 Å². The Balaban J connectivity index is 2.98. The number of hydrogen-bond acceptors (Lipinski definition) is 4. The molecule has 0 radical (unpaired) electrons. The smallest absolute Gasteiger partial charge is 0.140 e. The van der Waals surface area contributed by atoms with Crippen molar-refractivity contribution in [1.29, 1.82) is 5.26 Å². The van der Waals surface area contributed by atoms with Crippen LogP contribution in [0.4, 0.5) is 0 Å². The van der Waals surface area contributed by atoms with Crippen LogP contribution in [0.15, 0.2) is 58.5 Å². The minimum absolute atomic E-state index is 0.0521. The van der Waals surface area contributed by atoms with Crippen LogP contribution in [0.1, 0.15) is 13.3 Å². The Morgan fingerprint density at radius 2 is 2.45 bits per heavy atom. The molecule has 4 nitrogen and oxygen atoms in total. The first-order valence-corrected chi connectivity index (χ1v) is 6.56. The topological polar surface area (TPSA) is 51.8 Å². The number of amidine groups is 1. The molecule has 1 unspecified atom stereocenters. The van der Waals surface area contributed by atoms with Crippen molar-refractivity contribution in [3.63, 3.8) is 0 Å². The van der Waals surface area contributed by atoms with E-state index >= 15 is 0 Å². The first kappa shape index (κ1) is 15.9. The third-order valence-electron chi connectivity index (χ3n) is 2.69. The molecule has 20 heavy (non-hydrogen) atoms. The van der Waals surface area contributed by atoms with E-state index in [9.17, 15) is 0 Å². The van der Waals surface area contributed by atoms with Gasteiger partial charge in [0.15, 0.2) is 0 Å². The minimum atomic E-state index is -0.0521. The first-order chi connectivity index (χ1) is 9.56. The van der Waals surface area contributed by atoms with Gasteiger partial charge < -0.3 is 4.90 Å². The molecule has 104 valence electrons. The average molecular weight is 289 g/mol. The Morgan fingerprint density at radius 3 is 3.15 bits per heavy atom. The van der Waals surface area contributed by atoms with E-state index < -0.39 is 0 Å². The third kappa shape index (κ3) is 4.87. The molecular weight excluding hydrogens is 272 g/mol. The van der Waals surface area contributed by atoms with Crippen LogP contribution in [0.5, 0.6) is 0 Å². The zero-order valence-electron chi connectivity index (χ0n) is 11.6. The van der Waals surface area contributed by atoms with Gasteiger partial charge in [0.1, 0.15) is 5.84 Å². The molecule has 1 atom stereocenters. The summed E-state index contributed by atoms with van der Waals surface area (Å²) < 4.78 is 0. The molecule has 0 fully saturated rings. The predicted molar refractivity (Wildman–Crippen MR) is 84.7 cm³/mol. The second kappa shape index (κ2) is 8.13. The van der Waals surface area contributed by atoms with Gasteiger partial charge in [-0.1, -0.05) is 12.7 Å². The van der Waals surface area contributed by atoms with Crippen molar-refractivity contribution in [2.75, 3.05) is 7.05 Å². The van der Waals surface area contributed by atoms with E-state index in [1.165, 1.54) is 12.3 Å². The molecular formula is C15H17ClN4. The van der Waals surface area contributed by atoms with Crippen molar-refractivity contribution < 1.29 is 0 Å². The molecule has 1 rings (SSSR count). The molecule has 0 N–H and O–H groups in total. The fourth-order valence-corrected chi connectivity index (χ4v) is 1.86.